The van der Waals surface area contributed by atoms with Crippen molar-refractivity contribution in [1.29, 1.82) is 0 Å². The van der Waals surface area contributed by atoms with Gasteiger partial charge < -0.3 is 25.4 Å². The summed E-state index contributed by atoms with van der Waals surface area (Å²) in [5, 5.41) is 22.9. The zero-order chi connectivity index (χ0) is 25.0. The maximum atomic E-state index is 12.6. The average Bonchev–Trinajstić information content (AvgIpc) is 3.19. The molecule has 2 aliphatic rings. The molecule has 0 bridgehead atoms. The molecule has 13 heteroatoms. The number of aromatic amines is 1. The number of carboxylic acid groups (broad SMARTS) is 2. The van der Waals surface area contributed by atoms with Crippen molar-refractivity contribution in [3.8, 4) is 0 Å². The average molecular weight is 543 g/mol. The predicted octanol–water partition coefficient (Wildman–Crippen LogP) is 3.29. The van der Waals surface area contributed by atoms with Crippen molar-refractivity contribution in [3.63, 3.8) is 0 Å². The minimum absolute atomic E-state index is 0. The summed E-state index contributed by atoms with van der Waals surface area (Å²) in [6, 6.07) is 6.32. The Morgan fingerprint density at radius 1 is 1.11 bits per heavy atom. The Labute approximate surface area is 232 Å². The van der Waals surface area contributed by atoms with Gasteiger partial charge in [-0.3, -0.25) is 4.79 Å². The summed E-state index contributed by atoms with van der Waals surface area (Å²) in [5.41, 5.74) is 2.28. The number of fused-ring (bicyclic) bond motifs is 1. The molecule has 1 amide bonds. The van der Waals surface area contributed by atoms with E-state index in [4.69, 9.17) is 28.3 Å². The number of nitrogens with one attached hydrogen (secondary N) is 2. The van der Waals surface area contributed by atoms with Gasteiger partial charge in [0, 0.05) is 43.1 Å². The molecule has 9 nitrogen and oxygen atoms in total. The zero-order valence-corrected chi connectivity index (χ0v) is 20.7. The summed E-state index contributed by atoms with van der Waals surface area (Å²) in [4.78, 5) is 45.2. The van der Waals surface area contributed by atoms with Gasteiger partial charge in [-0.2, -0.15) is 0 Å². The van der Waals surface area contributed by atoms with Crippen LogP contribution in [0.2, 0.25) is 10.0 Å². The van der Waals surface area contributed by atoms with E-state index in [-0.39, 0.29) is 70.2 Å². The molecule has 3 aromatic rings. The minimum atomic E-state index is -1.04. The monoisotopic (exact) mass is 542 g/mol. The number of anilines is 1. The number of hydrogen-bond acceptors (Lipinski definition) is 6. The van der Waals surface area contributed by atoms with Gasteiger partial charge >= 0.3 is 30.8 Å². The van der Waals surface area contributed by atoms with Gasteiger partial charge in [-0.05, 0) is 24.6 Å². The summed E-state index contributed by atoms with van der Waals surface area (Å²) >= 11 is 13.3. The molecule has 36 heavy (non-hydrogen) atoms. The van der Waals surface area contributed by atoms with Gasteiger partial charge in [0.05, 0.1) is 21.3 Å². The summed E-state index contributed by atoms with van der Waals surface area (Å²) < 4.78 is 0. The number of aryl methyl sites for hydroxylation is 1. The quantitative estimate of drug-likeness (QED) is 0.336. The second-order valence-electron chi connectivity index (χ2n) is 8.74. The van der Waals surface area contributed by atoms with E-state index < -0.39 is 11.9 Å². The number of aromatic nitrogens is 2. The van der Waals surface area contributed by atoms with Crippen LogP contribution in [0.3, 0.4) is 0 Å². The van der Waals surface area contributed by atoms with Crippen LogP contribution in [0.15, 0.2) is 24.3 Å². The van der Waals surface area contributed by atoms with Crippen LogP contribution in [0.1, 0.15) is 47.5 Å². The third kappa shape index (κ3) is 4.88. The molecule has 2 aromatic heterocycles. The first-order valence-electron chi connectivity index (χ1n) is 10.8. The van der Waals surface area contributed by atoms with E-state index in [2.05, 4.69) is 20.2 Å². The Hall–Kier alpha value is -2.48. The van der Waals surface area contributed by atoms with Gasteiger partial charge in [0.15, 0.2) is 5.13 Å². The Morgan fingerprint density at radius 3 is 2.28 bits per heavy atom. The van der Waals surface area contributed by atoms with Gasteiger partial charge in [-0.25, -0.2) is 14.6 Å². The van der Waals surface area contributed by atoms with Crippen LogP contribution in [0, 0.1) is 18.8 Å². The molecule has 1 aliphatic carbocycles. The van der Waals surface area contributed by atoms with Crippen LogP contribution in [0.4, 0.5) is 5.13 Å². The number of halogens is 2. The van der Waals surface area contributed by atoms with Crippen molar-refractivity contribution in [2.45, 2.75) is 19.4 Å². The SMILES string of the molecule is Cc1[nH]c(C(=O)NC2[C@H]3CN(c4nc(Cc5ccc(C(=O)O)cc5)c(C(=O)O)s4)C[C@@H]23)c(Cl)c1Cl.[LiH]. The number of carboxylic acids is 2. The number of amides is 1. The number of piperidine rings is 1. The third-order valence-electron chi connectivity index (χ3n) is 6.50. The molecule has 4 N–H and O–H groups in total. The van der Waals surface area contributed by atoms with Crippen LogP contribution >= 0.6 is 34.5 Å². The van der Waals surface area contributed by atoms with Gasteiger partial charge in [0.2, 0.25) is 0 Å². The van der Waals surface area contributed by atoms with Crippen LogP contribution in [0.5, 0.6) is 0 Å². The molecule has 0 radical (unpaired) electrons. The molecule has 184 valence electrons. The van der Waals surface area contributed by atoms with E-state index in [9.17, 15) is 19.5 Å². The molecule has 1 aliphatic heterocycles. The molecule has 3 atom stereocenters. The molecule has 1 unspecified atom stereocenters. The molecule has 2 fully saturated rings. The summed E-state index contributed by atoms with van der Waals surface area (Å²) in [5.74, 6) is -1.87. The first kappa shape index (κ1) is 26.6. The Bertz CT molecular complexity index is 1350. The van der Waals surface area contributed by atoms with E-state index in [1.54, 1.807) is 19.1 Å². The van der Waals surface area contributed by atoms with Crippen molar-refractivity contribution in [2.75, 3.05) is 18.0 Å². The van der Waals surface area contributed by atoms with E-state index in [1.165, 1.54) is 12.1 Å². The molecular formula is C23H21Cl2LiN4O5S. The van der Waals surface area contributed by atoms with Gasteiger partial charge in [-0.15, -0.1) is 0 Å². The molecule has 0 spiro atoms. The fraction of sp³-hybridized carbons (Fsp3) is 0.304. The first-order chi connectivity index (χ1) is 16.6. The Balaban J connectivity index is 0.00000304. The second-order valence-corrected chi connectivity index (χ2v) is 10.5. The van der Waals surface area contributed by atoms with Crippen LogP contribution < -0.4 is 10.2 Å². The standard InChI is InChI=1S/C23H20Cl2N4O5S.Li.H/c1-9-15(24)16(25)18(26-9)20(30)28-17-12-7-29(8-13(12)17)23-27-14(19(35-23)22(33)34)6-10-2-4-11(5-3-10)21(31)32;;/h2-5,12-13,17,26H,6-8H2,1H3,(H,28,30)(H,31,32)(H,33,34);;/t12-,13+,17?;;. The van der Waals surface area contributed by atoms with E-state index in [0.29, 0.717) is 34.6 Å². The number of carbonyl (C=O) groups is 3. The number of aromatic carboxylic acids is 2. The molecule has 3 heterocycles. The number of benzene rings is 1. The zero-order valence-electron chi connectivity index (χ0n) is 18.3. The fourth-order valence-corrected chi connectivity index (χ4v) is 5.92. The summed E-state index contributed by atoms with van der Waals surface area (Å²) in [6.45, 7) is 3.06. The van der Waals surface area contributed by atoms with Crippen LogP contribution in [-0.2, 0) is 6.42 Å². The topological polar surface area (TPSA) is 136 Å². The van der Waals surface area contributed by atoms with Crippen LogP contribution in [0.25, 0.3) is 0 Å². The number of nitrogens with zero attached hydrogens (tertiary/aromatic N) is 2. The molecule has 1 saturated carbocycles. The Kier molecular flexibility index (Phi) is 7.47. The van der Waals surface area contributed by atoms with Crippen molar-refractivity contribution >= 4 is 76.4 Å². The van der Waals surface area contributed by atoms with Crippen molar-refractivity contribution in [3.05, 3.63) is 67.4 Å². The van der Waals surface area contributed by atoms with Crippen molar-refractivity contribution in [1.82, 2.24) is 15.3 Å². The number of thiazole rings is 1. The van der Waals surface area contributed by atoms with Crippen molar-refractivity contribution < 1.29 is 24.6 Å². The van der Waals surface area contributed by atoms with Gasteiger partial charge in [0.1, 0.15) is 10.6 Å². The van der Waals surface area contributed by atoms with E-state index in [1.807, 2.05) is 0 Å². The predicted molar refractivity (Wildman–Crippen MR) is 138 cm³/mol. The second kappa shape index (κ2) is 10.1. The maximum absolute atomic E-state index is 12.6. The molecule has 1 saturated heterocycles. The number of rotatable bonds is 7. The summed E-state index contributed by atoms with van der Waals surface area (Å²) in [7, 11) is 0. The first-order valence-corrected chi connectivity index (χ1v) is 12.4. The third-order valence-corrected chi connectivity index (χ3v) is 8.59. The van der Waals surface area contributed by atoms with Gasteiger partial charge in [-0.1, -0.05) is 46.7 Å². The normalized spacial score (nSPS) is 20.0. The molecule has 5 rings (SSSR count). The van der Waals surface area contributed by atoms with E-state index in [0.717, 1.165) is 16.9 Å². The van der Waals surface area contributed by atoms with Crippen LogP contribution in [-0.4, -0.2) is 76.0 Å². The number of H-pyrrole nitrogens is 1. The molecular weight excluding hydrogens is 522 g/mol. The molecule has 1 aromatic carbocycles. The van der Waals surface area contributed by atoms with E-state index >= 15 is 0 Å². The summed E-state index contributed by atoms with van der Waals surface area (Å²) in [6.07, 6.45) is 0.288. The number of carbonyl (C=O) groups excluding carboxylic acids is 1. The number of hydrogen-bond donors (Lipinski definition) is 4. The fourth-order valence-electron chi connectivity index (χ4n) is 4.57. The Morgan fingerprint density at radius 2 is 1.75 bits per heavy atom. The van der Waals surface area contributed by atoms with Crippen molar-refractivity contribution in [2.24, 2.45) is 11.8 Å². The van der Waals surface area contributed by atoms with Gasteiger partial charge in [0.25, 0.3) is 5.91 Å².